The van der Waals surface area contributed by atoms with Crippen LogP contribution in [0.25, 0.3) is 0 Å². The van der Waals surface area contributed by atoms with E-state index < -0.39 is 25.0 Å². The van der Waals surface area contributed by atoms with Gasteiger partial charge in [-0.3, -0.25) is 9.69 Å². The molecular weight excluding hydrogens is 308 g/mol. The van der Waals surface area contributed by atoms with Crippen LogP contribution < -0.4 is 10.2 Å². The minimum absolute atomic E-state index is 0.0906. The average Bonchev–Trinajstić information content (AvgIpc) is 2.86. The quantitative estimate of drug-likeness (QED) is 0.892. The Kier molecular flexibility index (Phi) is 4.16. The lowest BCUT2D eigenvalue weighted by Crippen LogP contribution is -2.41. The van der Waals surface area contributed by atoms with Gasteiger partial charge in [-0.25, -0.2) is 13.6 Å². The lowest BCUT2D eigenvalue weighted by atomic mass is 10.1. The minimum Gasteiger partial charge on any atom is -0.373 e. The molecule has 0 bridgehead atoms. The first-order valence-electron chi connectivity index (χ1n) is 7.37. The molecule has 2 aliphatic heterocycles. The van der Waals surface area contributed by atoms with Crippen LogP contribution in [0.2, 0.25) is 0 Å². The van der Waals surface area contributed by atoms with Gasteiger partial charge in [-0.05, 0) is 24.3 Å². The molecule has 8 heteroatoms. The fraction of sp³-hybridized carbons (Fsp3) is 0.467. The van der Waals surface area contributed by atoms with Crippen LogP contribution >= 0.6 is 0 Å². The highest BCUT2D eigenvalue weighted by atomic mass is 19.3. The number of rotatable bonds is 2. The molecule has 2 saturated heterocycles. The third-order valence-electron chi connectivity index (χ3n) is 3.81. The minimum atomic E-state index is -3.04. The summed E-state index contributed by atoms with van der Waals surface area (Å²) in [6.07, 6.45) is 0. The molecule has 0 saturated carbocycles. The first-order valence-corrected chi connectivity index (χ1v) is 7.37. The van der Waals surface area contributed by atoms with Crippen molar-refractivity contribution in [3.8, 4) is 0 Å². The molecule has 0 radical (unpaired) electrons. The van der Waals surface area contributed by atoms with E-state index in [9.17, 15) is 18.4 Å². The third kappa shape index (κ3) is 3.42. The normalized spacial score (nSPS) is 21.0. The summed E-state index contributed by atoms with van der Waals surface area (Å²) >= 11 is 0. The molecule has 0 spiro atoms. The maximum absolute atomic E-state index is 13.5. The van der Waals surface area contributed by atoms with Crippen molar-refractivity contribution in [1.29, 1.82) is 0 Å². The van der Waals surface area contributed by atoms with Gasteiger partial charge in [0.15, 0.2) is 0 Å². The second-order valence-electron chi connectivity index (χ2n) is 5.57. The summed E-state index contributed by atoms with van der Waals surface area (Å²) in [6, 6.07) is 6.20. The van der Waals surface area contributed by atoms with Crippen molar-refractivity contribution in [1.82, 2.24) is 10.2 Å². The summed E-state index contributed by atoms with van der Waals surface area (Å²) in [6.45, 7) is 0.0319. The van der Waals surface area contributed by atoms with Crippen LogP contribution in [0.3, 0.4) is 0 Å². The number of carbonyl (C=O) groups is 2. The van der Waals surface area contributed by atoms with Crippen molar-refractivity contribution in [3.63, 3.8) is 0 Å². The number of ether oxygens (including phenoxy) is 1. The number of hydrogen-bond donors (Lipinski definition) is 1. The summed E-state index contributed by atoms with van der Waals surface area (Å²) in [5.41, 5.74) is 0.979. The number of urea groups is 1. The van der Waals surface area contributed by atoms with E-state index in [0.717, 1.165) is 4.90 Å². The summed E-state index contributed by atoms with van der Waals surface area (Å²) in [5.74, 6) is -3.51. The number of hydrogen-bond acceptors (Lipinski definition) is 3. The molecule has 0 atom stereocenters. The van der Waals surface area contributed by atoms with Gasteiger partial charge in [0.1, 0.15) is 6.61 Å². The SMILES string of the molecule is O=C(c1ccc(N2CCNC2=O)cc1)N1CCOCC(F)(F)C1. The van der Waals surface area contributed by atoms with Gasteiger partial charge in [-0.2, -0.15) is 0 Å². The lowest BCUT2D eigenvalue weighted by Gasteiger charge is -2.23. The number of nitrogens with one attached hydrogen (secondary N) is 1. The Hall–Kier alpha value is -2.22. The monoisotopic (exact) mass is 325 g/mol. The molecular formula is C15H17F2N3O3. The van der Waals surface area contributed by atoms with E-state index in [1.807, 2.05) is 0 Å². The Labute approximate surface area is 132 Å². The van der Waals surface area contributed by atoms with Crippen molar-refractivity contribution in [2.75, 3.05) is 44.3 Å². The number of amides is 3. The number of nitrogens with zero attached hydrogens (tertiary/aromatic N) is 2. The largest absolute Gasteiger partial charge is 0.373 e. The number of anilines is 1. The van der Waals surface area contributed by atoms with Crippen molar-refractivity contribution < 1.29 is 23.1 Å². The Morgan fingerprint density at radius 1 is 1.22 bits per heavy atom. The molecule has 3 amide bonds. The summed E-state index contributed by atoms with van der Waals surface area (Å²) in [5, 5.41) is 2.69. The zero-order chi connectivity index (χ0) is 16.4. The van der Waals surface area contributed by atoms with Crippen molar-refractivity contribution in [2.24, 2.45) is 0 Å². The molecule has 1 aromatic rings. The highest BCUT2D eigenvalue weighted by Gasteiger charge is 2.36. The van der Waals surface area contributed by atoms with E-state index in [2.05, 4.69) is 5.32 Å². The van der Waals surface area contributed by atoms with Crippen molar-refractivity contribution in [2.45, 2.75) is 5.92 Å². The summed E-state index contributed by atoms with van der Waals surface area (Å²) in [7, 11) is 0. The molecule has 6 nitrogen and oxygen atoms in total. The van der Waals surface area contributed by atoms with Crippen LogP contribution in [0.4, 0.5) is 19.3 Å². The third-order valence-corrected chi connectivity index (χ3v) is 3.81. The fourth-order valence-electron chi connectivity index (χ4n) is 2.66. The Morgan fingerprint density at radius 2 is 1.96 bits per heavy atom. The van der Waals surface area contributed by atoms with Crippen molar-refractivity contribution in [3.05, 3.63) is 29.8 Å². The second kappa shape index (κ2) is 6.11. The Balaban J connectivity index is 1.73. The molecule has 1 N–H and O–H groups in total. The van der Waals surface area contributed by atoms with E-state index in [4.69, 9.17) is 4.74 Å². The Bertz CT molecular complexity index is 606. The van der Waals surface area contributed by atoms with E-state index in [0.29, 0.717) is 24.3 Å². The van der Waals surface area contributed by atoms with Crippen LogP contribution in [-0.2, 0) is 4.74 Å². The van der Waals surface area contributed by atoms with Gasteiger partial charge >= 0.3 is 6.03 Å². The number of alkyl halides is 2. The van der Waals surface area contributed by atoms with Crippen LogP contribution in [0.5, 0.6) is 0 Å². The van der Waals surface area contributed by atoms with E-state index in [1.165, 1.54) is 0 Å². The molecule has 0 aliphatic carbocycles. The van der Waals surface area contributed by atoms with Gasteiger partial charge in [-0.15, -0.1) is 0 Å². The number of benzene rings is 1. The van der Waals surface area contributed by atoms with Gasteiger partial charge in [-0.1, -0.05) is 0 Å². The second-order valence-corrected chi connectivity index (χ2v) is 5.57. The maximum Gasteiger partial charge on any atom is 0.321 e. The molecule has 0 aromatic heterocycles. The lowest BCUT2D eigenvalue weighted by molar-refractivity contribution is -0.0660. The average molecular weight is 325 g/mol. The molecule has 23 heavy (non-hydrogen) atoms. The first kappa shape index (κ1) is 15.7. The van der Waals surface area contributed by atoms with Crippen LogP contribution in [0.15, 0.2) is 24.3 Å². The summed E-state index contributed by atoms with van der Waals surface area (Å²) in [4.78, 5) is 26.6. The topological polar surface area (TPSA) is 61.9 Å². The van der Waals surface area contributed by atoms with Crippen LogP contribution in [0.1, 0.15) is 10.4 Å². The van der Waals surface area contributed by atoms with Gasteiger partial charge in [0.25, 0.3) is 11.8 Å². The number of carbonyl (C=O) groups excluding carboxylic acids is 2. The highest BCUT2D eigenvalue weighted by Crippen LogP contribution is 2.22. The zero-order valence-corrected chi connectivity index (χ0v) is 12.4. The predicted octanol–water partition coefficient (Wildman–Crippen LogP) is 1.32. The zero-order valence-electron chi connectivity index (χ0n) is 12.4. The molecule has 1 aromatic carbocycles. The first-order chi connectivity index (χ1) is 11.0. The van der Waals surface area contributed by atoms with Crippen LogP contribution in [-0.4, -0.2) is 62.2 Å². The molecule has 2 heterocycles. The van der Waals surface area contributed by atoms with E-state index in [-0.39, 0.29) is 19.2 Å². The highest BCUT2D eigenvalue weighted by molar-refractivity contribution is 5.97. The van der Waals surface area contributed by atoms with Gasteiger partial charge in [0.05, 0.1) is 13.2 Å². The van der Waals surface area contributed by atoms with Gasteiger partial charge in [0.2, 0.25) is 0 Å². The molecule has 0 unspecified atom stereocenters. The van der Waals surface area contributed by atoms with Gasteiger partial charge in [0, 0.05) is 30.9 Å². The smallest absolute Gasteiger partial charge is 0.321 e. The number of halogens is 2. The molecule has 3 rings (SSSR count). The predicted molar refractivity (Wildman–Crippen MR) is 78.9 cm³/mol. The maximum atomic E-state index is 13.5. The Morgan fingerprint density at radius 3 is 2.61 bits per heavy atom. The summed E-state index contributed by atoms with van der Waals surface area (Å²) < 4.78 is 31.9. The molecule has 2 aliphatic rings. The molecule has 2 fully saturated rings. The standard InChI is InChI=1S/C15H17F2N3O3/c16-15(17)9-19(7-8-23-10-15)13(21)11-1-3-12(4-2-11)20-6-5-18-14(20)22/h1-4H,5-10H2,(H,18,22). The van der Waals surface area contributed by atoms with Gasteiger partial charge < -0.3 is 15.0 Å². The van der Waals surface area contributed by atoms with E-state index in [1.54, 1.807) is 29.2 Å². The molecule has 124 valence electrons. The fourth-order valence-corrected chi connectivity index (χ4v) is 2.66. The van der Waals surface area contributed by atoms with E-state index >= 15 is 0 Å². The van der Waals surface area contributed by atoms with Crippen molar-refractivity contribution >= 4 is 17.6 Å². The van der Waals surface area contributed by atoms with Crippen LogP contribution in [0, 0.1) is 0 Å².